The van der Waals surface area contributed by atoms with Crippen LogP contribution in [0.5, 0.6) is 5.75 Å². The monoisotopic (exact) mass is 293 g/mol. The first kappa shape index (κ1) is 11.9. The Morgan fingerprint density at radius 1 is 1.60 bits per heavy atom. The van der Waals surface area contributed by atoms with Gasteiger partial charge in [-0.25, -0.2) is 0 Å². The van der Waals surface area contributed by atoms with E-state index >= 15 is 0 Å². The third kappa shape index (κ3) is 3.17. The van der Waals surface area contributed by atoms with E-state index in [9.17, 15) is 14.9 Å². The summed E-state index contributed by atoms with van der Waals surface area (Å²) < 4.78 is 5.21. The van der Waals surface area contributed by atoms with Crippen LogP contribution in [0.15, 0.2) is 22.7 Å². The maximum absolute atomic E-state index is 10.9. The summed E-state index contributed by atoms with van der Waals surface area (Å²) in [6.07, 6.45) is 0. The van der Waals surface area contributed by atoms with Crippen LogP contribution >= 0.6 is 27.5 Å². The lowest BCUT2D eigenvalue weighted by Gasteiger charge is -2.02. The Bertz CT molecular complexity index is 410. The van der Waals surface area contributed by atoms with Gasteiger partial charge in [0.2, 0.25) is 5.75 Å². The minimum atomic E-state index is -0.734. The van der Waals surface area contributed by atoms with Crippen LogP contribution in [0, 0.1) is 10.1 Å². The number of benzene rings is 1. The van der Waals surface area contributed by atoms with Crippen LogP contribution in [0.1, 0.15) is 0 Å². The molecule has 0 bridgehead atoms. The number of alkyl halides is 1. The second-order valence-corrected chi connectivity index (χ2v) is 3.66. The molecular formula is C8H5BrClNO4. The number of rotatable bonds is 3. The molecule has 1 aromatic carbocycles. The molecule has 0 atom stereocenters. The summed E-state index contributed by atoms with van der Waals surface area (Å²) in [5, 5.41) is 10.6. The molecular weight excluding hydrogens is 289 g/mol. The van der Waals surface area contributed by atoms with Gasteiger partial charge in [-0.2, -0.15) is 0 Å². The van der Waals surface area contributed by atoms with Crippen molar-refractivity contribution in [3.63, 3.8) is 0 Å². The number of nitro groups is 1. The Balaban J connectivity index is 3.06. The summed E-state index contributed by atoms with van der Waals surface area (Å²) in [7, 11) is 0. The Labute approximate surface area is 98.3 Å². The fraction of sp³-hybridized carbons (Fsp3) is 0.125. The van der Waals surface area contributed by atoms with Gasteiger partial charge in [0.05, 0.1) is 4.92 Å². The highest BCUT2D eigenvalue weighted by Crippen LogP contribution is 2.30. The van der Waals surface area contributed by atoms with Gasteiger partial charge in [-0.3, -0.25) is 14.9 Å². The highest BCUT2D eigenvalue weighted by Gasteiger charge is 2.17. The molecule has 7 heteroatoms. The normalized spacial score (nSPS) is 9.73. The van der Waals surface area contributed by atoms with Gasteiger partial charge < -0.3 is 4.74 Å². The van der Waals surface area contributed by atoms with Crippen molar-refractivity contribution in [1.29, 1.82) is 0 Å². The molecule has 0 aliphatic carbocycles. The largest absolute Gasteiger partial charge is 0.418 e. The molecule has 0 saturated heterocycles. The number of esters is 1. The van der Waals surface area contributed by atoms with E-state index in [2.05, 4.69) is 20.7 Å². The molecule has 0 amide bonds. The minimum absolute atomic E-state index is 0.117. The van der Waals surface area contributed by atoms with Crippen molar-refractivity contribution in [3.05, 3.63) is 32.8 Å². The first-order valence-electron chi connectivity index (χ1n) is 3.75. The zero-order valence-corrected chi connectivity index (χ0v) is 9.62. The number of nitro benzene ring substituents is 1. The molecule has 0 fully saturated rings. The Morgan fingerprint density at radius 2 is 2.27 bits per heavy atom. The first-order chi connectivity index (χ1) is 7.04. The lowest BCUT2D eigenvalue weighted by molar-refractivity contribution is -0.385. The van der Waals surface area contributed by atoms with E-state index in [0.717, 1.165) is 0 Å². The molecule has 0 heterocycles. The van der Waals surface area contributed by atoms with Gasteiger partial charge in [0, 0.05) is 10.5 Å². The van der Waals surface area contributed by atoms with Crippen molar-refractivity contribution in [1.82, 2.24) is 0 Å². The average molecular weight is 294 g/mol. The first-order valence-corrected chi connectivity index (χ1v) is 5.08. The van der Waals surface area contributed by atoms with Gasteiger partial charge in [-0.1, -0.05) is 15.9 Å². The van der Waals surface area contributed by atoms with Gasteiger partial charge in [0.15, 0.2) is 0 Å². The summed E-state index contributed by atoms with van der Waals surface area (Å²) in [6, 6.07) is 4.10. The maximum Gasteiger partial charge on any atom is 0.326 e. The summed E-state index contributed by atoms with van der Waals surface area (Å²) in [6.45, 7) is 0. The van der Waals surface area contributed by atoms with E-state index in [-0.39, 0.29) is 17.3 Å². The van der Waals surface area contributed by atoms with Crippen LogP contribution in [0.3, 0.4) is 0 Å². The molecule has 1 rings (SSSR count). The number of hydrogen-bond donors (Lipinski definition) is 0. The van der Waals surface area contributed by atoms with Gasteiger partial charge >= 0.3 is 11.7 Å². The van der Waals surface area contributed by atoms with Crippen LogP contribution in [-0.2, 0) is 4.79 Å². The van der Waals surface area contributed by atoms with Crippen LogP contribution in [0.2, 0.25) is 0 Å². The fourth-order valence-corrected chi connectivity index (χ4v) is 1.27. The Morgan fingerprint density at radius 3 is 2.80 bits per heavy atom. The fourth-order valence-electron chi connectivity index (χ4n) is 0.869. The highest BCUT2D eigenvalue weighted by molar-refractivity contribution is 9.10. The highest BCUT2D eigenvalue weighted by atomic mass is 79.9. The van der Waals surface area contributed by atoms with E-state index in [1.165, 1.54) is 18.2 Å². The van der Waals surface area contributed by atoms with E-state index in [0.29, 0.717) is 4.47 Å². The standard InChI is InChI=1S/C8H5BrClNO4/c9-5-1-2-7(15-8(12)4-10)6(3-5)11(13)14/h1-3H,4H2. The van der Waals surface area contributed by atoms with Gasteiger partial charge in [0.25, 0.3) is 0 Å². The molecule has 0 aliphatic heterocycles. The molecule has 0 aliphatic rings. The van der Waals surface area contributed by atoms with Crippen molar-refractivity contribution in [2.45, 2.75) is 0 Å². The summed E-state index contributed by atoms with van der Waals surface area (Å²) in [5.74, 6) is -1.20. The number of halogens is 2. The molecule has 0 radical (unpaired) electrons. The zero-order valence-electron chi connectivity index (χ0n) is 7.28. The zero-order chi connectivity index (χ0) is 11.4. The second-order valence-electron chi connectivity index (χ2n) is 2.48. The summed E-state index contributed by atoms with van der Waals surface area (Å²) >= 11 is 8.29. The molecule has 0 aromatic heterocycles. The molecule has 5 nitrogen and oxygen atoms in total. The molecule has 0 N–H and O–H groups in total. The topological polar surface area (TPSA) is 69.4 Å². The van der Waals surface area contributed by atoms with Crippen molar-refractivity contribution >= 4 is 39.2 Å². The van der Waals surface area contributed by atoms with Crippen molar-refractivity contribution < 1.29 is 14.5 Å². The van der Waals surface area contributed by atoms with Gasteiger partial charge in [0.1, 0.15) is 5.88 Å². The average Bonchev–Trinajstić information content (AvgIpc) is 2.20. The number of ether oxygens (including phenoxy) is 1. The molecule has 80 valence electrons. The number of carbonyl (C=O) groups excluding carboxylic acids is 1. The van der Waals surface area contributed by atoms with E-state index in [1.807, 2.05) is 0 Å². The molecule has 0 spiro atoms. The molecule has 1 aromatic rings. The van der Waals surface area contributed by atoms with Crippen LogP contribution in [0.25, 0.3) is 0 Å². The summed E-state index contributed by atoms with van der Waals surface area (Å²) in [4.78, 5) is 20.8. The third-order valence-electron chi connectivity index (χ3n) is 1.45. The SMILES string of the molecule is O=C(CCl)Oc1ccc(Br)cc1[N+](=O)[O-]. The minimum Gasteiger partial charge on any atom is -0.418 e. The van der Waals surface area contributed by atoms with Crippen molar-refractivity contribution in [3.8, 4) is 5.75 Å². The van der Waals surface area contributed by atoms with Crippen LogP contribution in [0.4, 0.5) is 5.69 Å². The Hall–Kier alpha value is -1.14. The predicted octanol–water partition coefficient (Wildman–Crippen LogP) is 2.50. The Kier molecular flexibility index (Phi) is 4.05. The molecule has 15 heavy (non-hydrogen) atoms. The van der Waals surface area contributed by atoms with Gasteiger partial charge in [-0.05, 0) is 12.1 Å². The van der Waals surface area contributed by atoms with Gasteiger partial charge in [-0.15, -0.1) is 11.6 Å². The van der Waals surface area contributed by atoms with Crippen molar-refractivity contribution in [2.75, 3.05) is 5.88 Å². The molecule has 0 unspecified atom stereocenters. The van der Waals surface area contributed by atoms with Crippen molar-refractivity contribution in [2.24, 2.45) is 0 Å². The quantitative estimate of drug-likeness (QED) is 0.282. The number of nitrogens with zero attached hydrogens (tertiary/aromatic N) is 1. The lowest BCUT2D eigenvalue weighted by Crippen LogP contribution is -2.10. The number of hydrogen-bond acceptors (Lipinski definition) is 4. The predicted molar refractivity (Wildman–Crippen MR) is 57.2 cm³/mol. The third-order valence-corrected chi connectivity index (χ3v) is 2.16. The van der Waals surface area contributed by atoms with E-state index < -0.39 is 10.9 Å². The maximum atomic E-state index is 10.9. The number of carbonyl (C=O) groups is 1. The smallest absolute Gasteiger partial charge is 0.326 e. The second kappa shape index (κ2) is 5.09. The van der Waals surface area contributed by atoms with Crippen LogP contribution < -0.4 is 4.74 Å². The van der Waals surface area contributed by atoms with E-state index in [4.69, 9.17) is 11.6 Å². The van der Waals surface area contributed by atoms with E-state index in [1.54, 1.807) is 0 Å². The van der Waals surface area contributed by atoms with Crippen LogP contribution in [-0.4, -0.2) is 16.8 Å². The molecule has 0 saturated carbocycles. The summed E-state index contributed by atoms with van der Waals surface area (Å²) in [5.41, 5.74) is -0.289. The lowest BCUT2D eigenvalue weighted by atomic mass is 10.3.